The standard InChI is InChI=1S/C27H26N6O3/c1-2-24(35)30-23-7-4-10-28-26(23)21-6-3-5-18-16-29-27(32-25(18)21)31-22-9-8-20(15-19(22)17-34)33-11-13-36-14-12-33/h2-10,15-16,34H,1,11-14,17H2,(H,30,35)(H,29,31,32). The number of fused-ring (bicyclic) bond motifs is 1. The predicted molar refractivity (Wildman–Crippen MR) is 140 cm³/mol. The third-order valence-electron chi connectivity index (χ3n) is 6.00. The lowest BCUT2D eigenvalue weighted by molar-refractivity contribution is -0.111. The number of para-hydroxylation sites is 1. The summed E-state index contributed by atoms with van der Waals surface area (Å²) in [6, 6.07) is 15.2. The molecule has 0 aliphatic carbocycles. The van der Waals surface area contributed by atoms with Gasteiger partial charge in [-0.25, -0.2) is 9.97 Å². The summed E-state index contributed by atoms with van der Waals surface area (Å²) in [5.41, 5.74) is 5.09. The van der Waals surface area contributed by atoms with Gasteiger partial charge in [0.1, 0.15) is 0 Å². The highest BCUT2D eigenvalue weighted by molar-refractivity contribution is 6.03. The van der Waals surface area contributed by atoms with Gasteiger partial charge in [0, 0.05) is 53.4 Å². The van der Waals surface area contributed by atoms with E-state index in [0.29, 0.717) is 36.1 Å². The van der Waals surface area contributed by atoms with Crippen molar-refractivity contribution in [1.82, 2.24) is 15.0 Å². The number of hydrogen-bond acceptors (Lipinski definition) is 8. The zero-order valence-corrected chi connectivity index (χ0v) is 19.6. The van der Waals surface area contributed by atoms with Crippen molar-refractivity contribution in [3.8, 4) is 11.3 Å². The fraction of sp³-hybridized carbons (Fsp3) is 0.185. The molecule has 3 heterocycles. The van der Waals surface area contributed by atoms with E-state index in [0.717, 1.165) is 41.0 Å². The van der Waals surface area contributed by atoms with Crippen LogP contribution in [0.15, 0.2) is 73.6 Å². The van der Waals surface area contributed by atoms with Crippen molar-refractivity contribution in [2.24, 2.45) is 0 Å². The number of ether oxygens (including phenoxy) is 1. The second-order valence-electron chi connectivity index (χ2n) is 8.25. The lowest BCUT2D eigenvalue weighted by atomic mass is 10.1. The van der Waals surface area contributed by atoms with Crippen LogP contribution in [0.4, 0.5) is 23.0 Å². The van der Waals surface area contributed by atoms with Crippen LogP contribution in [-0.4, -0.2) is 52.3 Å². The van der Waals surface area contributed by atoms with Crippen LogP contribution in [0.3, 0.4) is 0 Å². The van der Waals surface area contributed by atoms with Crippen molar-refractivity contribution in [2.75, 3.05) is 41.8 Å². The molecule has 36 heavy (non-hydrogen) atoms. The van der Waals surface area contributed by atoms with Gasteiger partial charge in [-0.2, -0.15) is 0 Å². The summed E-state index contributed by atoms with van der Waals surface area (Å²) in [6.45, 7) is 6.41. The molecule has 9 nitrogen and oxygen atoms in total. The highest BCUT2D eigenvalue weighted by atomic mass is 16.5. The van der Waals surface area contributed by atoms with Crippen LogP contribution < -0.4 is 15.5 Å². The Balaban J connectivity index is 1.49. The summed E-state index contributed by atoms with van der Waals surface area (Å²) in [4.78, 5) is 27.9. The molecule has 0 bridgehead atoms. The summed E-state index contributed by atoms with van der Waals surface area (Å²) < 4.78 is 5.44. The second-order valence-corrected chi connectivity index (χ2v) is 8.25. The zero-order chi connectivity index (χ0) is 24.9. The normalized spacial score (nSPS) is 13.4. The third kappa shape index (κ3) is 4.88. The van der Waals surface area contributed by atoms with Crippen molar-refractivity contribution in [3.63, 3.8) is 0 Å². The van der Waals surface area contributed by atoms with E-state index in [1.807, 2.05) is 36.4 Å². The van der Waals surface area contributed by atoms with E-state index in [4.69, 9.17) is 9.72 Å². The van der Waals surface area contributed by atoms with Crippen LogP contribution in [0.5, 0.6) is 0 Å². The predicted octanol–water partition coefficient (Wildman–Crippen LogP) is 3.89. The van der Waals surface area contributed by atoms with Crippen LogP contribution in [0.25, 0.3) is 22.2 Å². The molecule has 9 heteroatoms. The molecular weight excluding hydrogens is 456 g/mol. The van der Waals surface area contributed by atoms with Gasteiger partial charge in [0.15, 0.2) is 0 Å². The van der Waals surface area contributed by atoms with Gasteiger partial charge in [0.2, 0.25) is 11.9 Å². The number of aromatic nitrogens is 3. The largest absolute Gasteiger partial charge is 0.392 e. The van der Waals surface area contributed by atoms with Crippen LogP contribution in [0.2, 0.25) is 0 Å². The van der Waals surface area contributed by atoms with E-state index in [2.05, 4.69) is 32.1 Å². The number of amides is 1. The van der Waals surface area contributed by atoms with Crippen molar-refractivity contribution >= 4 is 39.8 Å². The highest BCUT2D eigenvalue weighted by Crippen LogP contribution is 2.32. The lowest BCUT2D eigenvalue weighted by Crippen LogP contribution is -2.36. The maximum absolute atomic E-state index is 11.9. The van der Waals surface area contributed by atoms with E-state index in [1.54, 1.807) is 24.5 Å². The Bertz CT molecular complexity index is 1420. The Kier molecular flexibility index (Phi) is 6.83. The summed E-state index contributed by atoms with van der Waals surface area (Å²) in [5, 5.41) is 16.9. The van der Waals surface area contributed by atoms with Gasteiger partial charge in [-0.05, 0) is 36.4 Å². The van der Waals surface area contributed by atoms with E-state index >= 15 is 0 Å². The molecule has 1 aliphatic heterocycles. The average molecular weight is 483 g/mol. The van der Waals surface area contributed by atoms with Crippen molar-refractivity contribution in [2.45, 2.75) is 6.61 Å². The Morgan fingerprint density at radius 3 is 2.78 bits per heavy atom. The first-order chi connectivity index (χ1) is 17.7. The van der Waals surface area contributed by atoms with Crippen molar-refractivity contribution in [3.05, 3.63) is 79.1 Å². The lowest BCUT2D eigenvalue weighted by Gasteiger charge is -2.29. The van der Waals surface area contributed by atoms with E-state index in [1.165, 1.54) is 6.08 Å². The maximum Gasteiger partial charge on any atom is 0.247 e. The fourth-order valence-corrected chi connectivity index (χ4v) is 4.18. The Labute approximate surface area is 208 Å². The number of nitrogens with one attached hydrogen (secondary N) is 2. The Morgan fingerprint density at radius 1 is 1.11 bits per heavy atom. The quantitative estimate of drug-likeness (QED) is 0.340. The van der Waals surface area contributed by atoms with Gasteiger partial charge < -0.3 is 25.4 Å². The first-order valence-electron chi connectivity index (χ1n) is 11.6. The number of pyridine rings is 1. The number of hydrogen-bond donors (Lipinski definition) is 3. The molecule has 4 aromatic rings. The Hall–Kier alpha value is -4.34. The average Bonchev–Trinajstić information content (AvgIpc) is 2.93. The third-order valence-corrected chi connectivity index (χ3v) is 6.00. The van der Waals surface area contributed by atoms with Gasteiger partial charge in [0.25, 0.3) is 0 Å². The first-order valence-corrected chi connectivity index (χ1v) is 11.6. The van der Waals surface area contributed by atoms with Crippen LogP contribution in [0.1, 0.15) is 5.56 Å². The minimum Gasteiger partial charge on any atom is -0.392 e. The molecular formula is C27H26N6O3. The maximum atomic E-state index is 11.9. The smallest absolute Gasteiger partial charge is 0.247 e. The van der Waals surface area contributed by atoms with Crippen LogP contribution in [-0.2, 0) is 16.1 Å². The summed E-state index contributed by atoms with van der Waals surface area (Å²) in [5.74, 6) is 0.0647. The van der Waals surface area contributed by atoms with Crippen molar-refractivity contribution in [1.29, 1.82) is 0 Å². The highest BCUT2D eigenvalue weighted by Gasteiger charge is 2.16. The molecule has 2 aromatic carbocycles. The van der Waals surface area contributed by atoms with Gasteiger partial charge in [-0.1, -0.05) is 24.8 Å². The summed E-state index contributed by atoms with van der Waals surface area (Å²) in [7, 11) is 0. The number of rotatable bonds is 7. The molecule has 3 N–H and O–H groups in total. The summed E-state index contributed by atoms with van der Waals surface area (Å²) >= 11 is 0. The molecule has 0 saturated carbocycles. The molecule has 182 valence electrons. The molecule has 1 fully saturated rings. The van der Waals surface area contributed by atoms with Crippen LogP contribution >= 0.6 is 0 Å². The molecule has 5 rings (SSSR count). The Morgan fingerprint density at radius 2 is 1.97 bits per heavy atom. The molecule has 1 aliphatic rings. The number of aliphatic hydroxyl groups is 1. The number of carbonyl (C=O) groups is 1. The van der Waals surface area contributed by atoms with E-state index in [9.17, 15) is 9.90 Å². The molecule has 0 radical (unpaired) electrons. The number of aliphatic hydroxyl groups excluding tert-OH is 1. The molecule has 0 atom stereocenters. The molecule has 0 spiro atoms. The van der Waals surface area contributed by atoms with E-state index < -0.39 is 0 Å². The number of morpholine rings is 1. The minimum atomic E-state index is -0.321. The number of carbonyl (C=O) groups excluding carboxylic acids is 1. The first kappa shape index (κ1) is 23.4. The molecule has 1 saturated heterocycles. The monoisotopic (exact) mass is 482 g/mol. The number of benzene rings is 2. The minimum absolute atomic E-state index is 0.125. The molecule has 0 unspecified atom stereocenters. The second kappa shape index (κ2) is 10.5. The number of nitrogens with zero attached hydrogens (tertiary/aromatic N) is 4. The zero-order valence-electron chi connectivity index (χ0n) is 19.6. The fourth-order valence-electron chi connectivity index (χ4n) is 4.18. The molecule has 1 amide bonds. The summed E-state index contributed by atoms with van der Waals surface area (Å²) in [6.07, 6.45) is 4.62. The van der Waals surface area contributed by atoms with Crippen molar-refractivity contribution < 1.29 is 14.6 Å². The number of anilines is 4. The van der Waals surface area contributed by atoms with Gasteiger partial charge >= 0.3 is 0 Å². The van der Waals surface area contributed by atoms with Gasteiger partial charge in [-0.15, -0.1) is 0 Å². The van der Waals surface area contributed by atoms with Crippen LogP contribution in [0, 0.1) is 0 Å². The SMILES string of the molecule is C=CC(=O)Nc1cccnc1-c1cccc2cnc(Nc3ccc(N4CCOCC4)cc3CO)nc12. The topological polar surface area (TPSA) is 112 Å². The molecule has 2 aromatic heterocycles. The van der Waals surface area contributed by atoms with Gasteiger partial charge in [0.05, 0.1) is 36.7 Å². The van der Waals surface area contributed by atoms with E-state index in [-0.39, 0.29) is 12.5 Å². The van der Waals surface area contributed by atoms with Gasteiger partial charge in [-0.3, -0.25) is 9.78 Å².